The first-order chi connectivity index (χ1) is 11.3. The molecular weight excluding hydrogens is 350 g/mol. The number of oxime groups is 1. The molecule has 0 bridgehead atoms. The SMILES string of the molecule is CCO/N=C/c1ccc(C2(C)C(=O)N(OC(C)=O)C(=O)N2C)cc1.Cl. The second kappa shape index (κ2) is 7.98. The fourth-order valence-electron chi connectivity index (χ4n) is 2.35. The average molecular weight is 370 g/mol. The molecule has 1 aromatic carbocycles. The molecule has 1 aliphatic heterocycles. The van der Waals surface area contributed by atoms with E-state index in [4.69, 9.17) is 9.68 Å². The number of likely N-dealkylation sites (N-methyl/N-ethyl adjacent to an activating group) is 1. The lowest BCUT2D eigenvalue weighted by Gasteiger charge is -2.28. The predicted molar refractivity (Wildman–Crippen MR) is 92.0 cm³/mol. The normalized spacial score (nSPS) is 20.0. The Morgan fingerprint density at radius 2 is 1.88 bits per heavy atom. The van der Waals surface area contributed by atoms with E-state index in [0.29, 0.717) is 17.2 Å². The standard InChI is InChI=1S/C16H19N3O5.ClH/c1-5-23-17-10-12-6-8-13(9-7-12)16(3)14(21)19(24-11(2)20)15(22)18(16)4;/h6-10H,5H2,1-4H3;1H/b17-10+;. The quantitative estimate of drug-likeness (QED) is 0.450. The van der Waals surface area contributed by atoms with Gasteiger partial charge in [-0.2, -0.15) is 0 Å². The smallest absolute Gasteiger partial charge is 0.361 e. The van der Waals surface area contributed by atoms with E-state index in [-0.39, 0.29) is 12.4 Å². The lowest BCUT2D eigenvalue weighted by atomic mass is 9.90. The summed E-state index contributed by atoms with van der Waals surface area (Å²) in [7, 11) is 1.48. The Bertz CT molecular complexity index is 692. The maximum atomic E-state index is 12.6. The molecule has 8 nitrogen and oxygen atoms in total. The van der Waals surface area contributed by atoms with Crippen LogP contribution in [0.1, 0.15) is 31.9 Å². The summed E-state index contributed by atoms with van der Waals surface area (Å²) in [6.45, 7) is 5.03. The summed E-state index contributed by atoms with van der Waals surface area (Å²) in [5.41, 5.74) is 0.112. The Balaban J connectivity index is 0.00000312. The molecule has 0 aromatic heterocycles. The van der Waals surface area contributed by atoms with Gasteiger partial charge in [0.1, 0.15) is 12.1 Å². The van der Waals surface area contributed by atoms with Crippen LogP contribution in [0.3, 0.4) is 0 Å². The maximum Gasteiger partial charge on any atom is 0.361 e. The maximum absolute atomic E-state index is 12.6. The molecule has 3 amide bonds. The van der Waals surface area contributed by atoms with Gasteiger partial charge in [0.05, 0.1) is 6.21 Å². The van der Waals surface area contributed by atoms with Crippen molar-refractivity contribution < 1.29 is 24.1 Å². The third kappa shape index (κ3) is 3.74. The summed E-state index contributed by atoms with van der Waals surface area (Å²) >= 11 is 0. The van der Waals surface area contributed by atoms with Gasteiger partial charge in [0, 0.05) is 14.0 Å². The number of hydroxylamine groups is 2. The van der Waals surface area contributed by atoms with Crippen LogP contribution in [0.5, 0.6) is 0 Å². The fourth-order valence-corrected chi connectivity index (χ4v) is 2.35. The van der Waals surface area contributed by atoms with Crippen LogP contribution >= 0.6 is 12.4 Å². The highest BCUT2D eigenvalue weighted by atomic mass is 35.5. The Morgan fingerprint density at radius 1 is 1.28 bits per heavy atom. The average Bonchev–Trinajstić information content (AvgIpc) is 2.72. The van der Waals surface area contributed by atoms with Gasteiger partial charge >= 0.3 is 12.0 Å². The van der Waals surface area contributed by atoms with Gasteiger partial charge in [-0.05, 0) is 25.0 Å². The highest BCUT2D eigenvalue weighted by molar-refractivity contribution is 6.06. The van der Waals surface area contributed by atoms with Crippen molar-refractivity contribution in [1.82, 2.24) is 9.96 Å². The van der Waals surface area contributed by atoms with Crippen LogP contribution in [0, 0.1) is 0 Å². The number of hydrogen-bond acceptors (Lipinski definition) is 6. The number of carbonyl (C=O) groups is 3. The van der Waals surface area contributed by atoms with E-state index < -0.39 is 23.4 Å². The van der Waals surface area contributed by atoms with Crippen LogP contribution in [-0.2, 0) is 24.8 Å². The van der Waals surface area contributed by atoms with Crippen LogP contribution in [-0.4, -0.2) is 47.7 Å². The van der Waals surface area contributed by atoms with Gasteiger partial charge in [0.15, 0.2) is 0 Å². The predicted octanol–water partition coefficient (Wildman–Crippen LogP) is 2.07. The third-order valence-corrected chi connectivity index (χ3v) is 3.83. The number of urea groups is 1. The number of nitrogens with zero attached hydrogens (tertiary/aromatic N) is 3. The monoisotopic (exact) mass is 369 g/mol. The summed E-state index contributed by atoms with van der Waals surface area (Å²) in [5.74, 6) is -1.36. The van der Waals surface area contributed by atoms with Gasteiger partial charge in [-0.25, -0.2) is 9.59 Å². The molecule has 0 spiro atoms. The molecule has 1 aliphatic rings. The number of imide groups is 1. The summed E-state index contributed by atoms with van der Waals surface area (Å²) < 4.78 is 0. The molecule has 0 radical (unpaired) electrons. The molecule has 1 aromatic rings. The van der Waals surface area contributed by atoms with E-state index in [1.54, 1.807) is 37.4 Å². The van der Waals surface area contributed by atoms with Gasteiger partial charge in [0.25, 0.3) is 5.91 Å². The van der Waals surface area contributed by atoms with Gasteiger partial charge in [-0.1, -0.05) is 34.5 Å². The second-order valence-electron chi connectivity index (χ2n) is 5.37. The van der Waals surface area contributed by atoms with E-state index in [0.717, 1.165) is 12.5 Å². The van der Waals surface area contributed by atoms with Crippen molar-refractivity contribution in [2.75, 3.05) is 13.7 Å². The molecule has 1 heterocycles. The molecule has 1 unspecified atom stereocenters. The minimum Gasteiger partial charge on any atom is -0.396 e. The number of benzene rings is 1. The van der Waals surface area contributed by atoms with Gasteiger partial charge < -0.3 is 14.6 Å². The molecular formula is C16H20ClN3O5. The highest BCUT2D eigenvalue weighted by Crippen LogP contribution is 2.36. The minimum atomic E-state index is -1.26. The number of amides is 3. The van der Waals surface area contributed by atoms with E-state index in [2.05, 4.69) is 5.16 Å². The Kier molecular flexibility index (Phi) is 6.52. The molecule has 1 fully saturated rings. The van der Waals surface area contributed by atoms with Crippen LogP contribution in [0.2, 0.25) is 0 Å². The third-order valence-electron chi connectivity index (χ3n) is 3.83. The first-order valence-corrected chi connectivity index (χ1v) is 7.39. The van der Waals surface area contributed by atoms with E-state index >= 15 is 0 Å². The molecule has 0 aliphatic carbocycles. The van der Waals surface area contributed by atoms with Crippen LogP contribution in [0.25, 0.3) is 0 Å². The van der Waals surface area contributed by atoms with Gasteiger partial charge in [0.2, 0.25) is 0 Å². The number of carbonyl (C=O) groups excluding carboxylic acids is 3. The zero-order valence-corrected chi connectivity index (χ0v) is 15.2. The zero-order chi connectivity index (χ0) is 17.9. The molecule has 136 valence electrons. The summed E-state index contributed by atoms with van der Waals surface area (Å²) in [4.78, 5) is 46.8. The van der Waals surface area contributed by atoms with Crippen molar-refractivity contribution in [3.63, 3.8) is 0 Å². The minimum absolute atomic E-state index is 0. The summed E-state index contributed by atoms with van der Waals surface area (Å²) in [5, 5.41) is 4.26. The zero-order valence-electron chi connectivity index (χ0n) is 14.4. The van der Waals surface area contributed by atoms with Crippen molar-refractivity contribution >= 4 is 36.5 Å². The largest absolute Gasteiger partial charge is 0.396 e. The Hall–Kier alpha value is -2.61. The van der Waals surface area contributed by atoms with E-state index in [9.17, 15) is 14.4 Å². The van der Waals surface area contributed by atoms with Crippen molar-refractivity contribution in [3.8, 4) is 0 Å². The van der Waals surface area contributed by atoms with Crippen molar-refractivity contribution in [3.05, 3.63) is 35.4 Å². The van der Waals surface area contributed by atoms with Crippen LogP contribution in [0.15, 0.2) is 29.4 Å². The molecule has 2 rings (SSSR count). The van der Waals surface area contributed by atoms with Crippen LogP contribution in [0.4, 0.5) is 4.79 Å². The molecule has 1 atom stereocenters. The van der Waals surface area contributed by atoms with E-state index in [1.807, 2.05) is 6.92 Å². The Labute approximate surface area is 151 Å². The summed E-state index contributed by atoms with van der Waals surface area (Å²) in [6, 6.07) is 6.24. The van der Waals surface area contributed by atoms with Crippen molar-refractivity contribution in [1.29, 1.82) is 0 Å². The highest BCUT2D eigenvalue weighted by Gasteiger charge is 2.55. The van der Waals surface area contributed by atoms with Crippen molar-refractivity contribution in [2.24, 2.45) is 5.16 Å². The van der Waals surface area contributed by atoms with Gasteiger partial charge in [-0.3, -0.25) is 4.79 Å². The van der Waals surface area contributed by atoms with Crippen LogP contribution < -0.4 is 0 Å². The molecule has 0 saturated carbocycles. The molecule has 9 heteroatoms. The molecule has 0 N–H and O–H groups in total. The molecule has 25 heavy (non-hydrogen) atoms. The second-order valence-corrected chi connectivity index (χ2v) is 5.37. The fraction of sp³-hybridized carbons (Fsp3) is 0.375. The lowest BCUT2D eigenvalue weighted by molar-refractivity contribution is -0.182. The summed E-state index contributed by atoms with van der Waals surface area (Å²) in [6.07, 6.45) is 1.55. The number of hydrogen-bond donors (Lipinski definition) is 0. The van der Waals surface area contributed by atoms with Crippen molar-refractivity contribution in [2.45, 2.75) is 26.3 Å². The first kappa shape index (κ1) is 20.4. The lowest BCUT2D eigenvalue weighted by Crippen LogP contribution is -2.42. The van der Waals surface area contributed by atoms with E-state index in [1.165, 1.54) is 11.9 Å². The molecule has 1 saturated heterocycles. The Morgan fingerprint density at radius 3 is 2.40 bits per heavy atom. The topological polar surface area (TPSA) is 88.5 Å². The number of rotatable bonds is 5. The first-order valence-electron chi connectivity index (χ1n) is 7.39. The van der Waals surface area contributed by atoms with Gasteiger partial charge in [-0.15, -0.1) is 12.4 Å². The number of halogens is 1.